The van der Waals surface area contributed by atoms with E-state index in [0.717, 1.165) is 12.0 Å². The molecule has 1 atom stereocenters. The summed E-state index contributed by atoms with van der Waals surface area (Å²) in [5.41, 5.74) is 0.533. The fourth-order valence-electron chi connectivity index (χ4n) is 3.88. The highest BCUT2D eigenvalue weighted by atomic mass is 19.3. The molecule has 1 aliphatic rings. The molecule has 0 bridgehead atoms. The molecule has 1 fully saturated rings. The molecule has 0 spiro atoms. The number of ether oxygens (including phenoxy) is 3. The molecule has 0 aliphatic carbocycles. The second kappa shape index (κ2) is 10.2. The second-order valence-electron chi connectivity index (χ2n) is 8.31. The van der Waals surface area contributed by atoms with Gasteiger partial charge >= 0.3 is 12.7 Å². The van der Waals surface area contributed by atoms with Crippen LogP contribution in [0.5, 0.6) is 17.2 Å². The zero-order valence-corrected chi connectivity index (χ0v) is 19.5. The van der Waals surface area contributed by atoms with Crippen LogP contribution >= 0.6 is 0 Å². The quantitative estimate of drug-likeness (QED) is 0.381. The topological polar surface area (TPSA) is 90.9 Å². The minimum Gasteiger partial charge on any atom is -0.457 e. The molecule has 0 aromatic heterocycles. The zero-order chi connectivity index (χ0) is 25.9. The molecule has 0 saturated carbocycles. The van der Waals surface area contributed by atoms with Gasteiger partial charge in [0.1, 0.15) is 17.2 Å². The monoisotopic (exact) mass is 495 g/mol. The fourth-order valence-corrected chi connectivity index (χ4v) is 3.88. The van der Waals surface area contributed by atoms with E-state index < -0.39 is 24.2 Å². The third-order valence-corrected chi connectivity index (χ3v) is 5.74. The summed E-state index contributed by atoms with van der Waals surface area (Å²) in [6.45, 7) is 0.556. The van der Waals surface area contributed by atoms with Gasteiger partial charge in [-0.15, -0.1) is 0 Å². The van der Waals surface area contributed by atoms with Gasteiger partial charge in [-0.25, -0.2) is 4.79 Å². The van der Waals surface area contributed by atoms with Crippen LogP contribution < -0.4 is 14.8 Å². The van der Waals surface area contributed by atoms with Gasteiger partial charge in [-0.3, -0.25) is 14.9 Å². The van der Waals surface area contributed by atoms with Crippen molar-refractivity contribution < 1.29 is 37.4 Å². The van der Waals surface area contributed by atoms with Gasteiger partial charge in [0.2, 0.25) is 5.60 Å². The summed E-state index contributed by atoms with van der Waals surface area (Å²) in [4.78, 5) is 36.7. The van der Waals surface area contributed by atoms with Gasteiger partial charge in [0.25, 0.3) is 5.91 Å². The molecule has 7 nitrogen and oxygen atoms in total. The molecule has 9 heteroatoms. The molecule has 186 valence electrons. The Balaban J connectivity index is 1.57. The Bertz CT molecular complexity index is 1310. The van der Waals surface area contributed by atoms with E-state index in [4.69, 9.17) is 9.47 Å². The van der Waals surface area contributed by atoms with Crippen LogP contribution in [-0.2, 0) is 21.6 Å². The maximum Gasteiger partial charge on any atom is 0.415 e. The second-order valence-corrected chi connectivity index (χ2v) is 8.31. The van der Waals surface area contributed by atoms with Gasteiger partial charge in [-0.1, -0.05) is 25.5 Å². The molecule has 4 rings (SSSR count). The zero-order valence-electron chi connectivity index (χ0n) is 19.5. The standard InChI is InChI=1S/C27H23F2NO6/c1-3-5-17-14-18(23(31)16-8-11-20(12-9-16)35-25(28)29)10-13-22(17)34-21-7-4-6-19(15-21)27(2)24(32)30-26(33)36-27/h4,6-15,25H,3,5H2,1-2H3,(H,30,32,33)/t27-/m1/s1. The number of carbonyl (C=O) groups is 3. The van der Waals surface area contributed by atoms with Crippen molar-refractivity contribution >= 4 is 17.8 Å². The lowest BCUT2D eigenvalue weighted by atomic mass is 9.95. The third-order valence-electron chi connectivity index (χ3n) is 5.74. The molecule has 1 aliphatic heterocycles. The van der Waals surface area contributed by atoms with E-state index in [2.05, 4.69) is 10.1 Å². The van der Waals surface area contributed by atoms with Crippen molar-refractivity contribution in [3.8, 4) is 17.2 Å². The molecule has 36 heavy (non-hydrogen) atoms. The first-order chi connectivity index (χ1) is 17.2. The molecule has 3 aromatic carbocycles. The smallest absolute Gasteiger partial charge is 0.415 e. The van der Waals surface area contributed by atoms with E-state index in [1.165, 1.54) is 31.2 Å². The van der Waals surface area contributed by atoms with Crippen LogP contribution in [0.25, 0.3) is 0 Å². The molecule has 3 aromatic rings. The van der Waals surface area contributed by atoms with Crippen molar-refractivity contribution in [1.82, 2.24) is 5.32 Å². The predicted molar refractivity (Wildman–Crippen MR) is 125 cm³/mol. The first-order valence-electron chi connectivity index (χ1n) is 11.2. The van der Waals surface area contributed by atoms with E-state index in [9.17, 15) is 23.2 Å². The Kier molecular flexibility index (Phi) is 7.00. The van der Waals surface area contributed by atoms with Gasteiger partial charge in [0, 0.05) is 16.7 Å². The van der Waals surface area contributed by atoms with E-state index in [1.807, 2.05) is 6.92 Å². The molecule has 1 heterocycles. The maximum absolute atomic E-state index is 13.0. The number of aryl methyl sites for hydroxylation is 1. The number of benzene rings is 3. The lowest BCUT2D eigenvalue weighted by Gasteiger charge is -2.20. The highest BCUT2D eigenvalue weighted by Crippen LogP contribution is 2.34. The minimum atomic E-state index is -2.94. The Labute approximate surface area is 206 Å². The van der Waals surface area contributed by atoms with Gasteiger partial charge < -0.3 is 14.2 Å². The van der Waals surface area contributed by atoms with E-state index >= 15 is 0 Å². The highest BCUT2D eigenvalue weighted by molar-refractivity contribution is 6.09. The SMILES string of the molecule is CCCc1cc(C(=O)c2ccc(OC(F)F)cc2)ccc1Oc1cccc([C@@]2(C)OC(=O)NC2=O)c1. The minimum absolute atomic E-state index is 0.0297. The number of halogens is 2. The number of alkyl halides is 2. The van der Waals surface area contributed by atoms with Crippen LogP contribution in [0.3, 0.4) is 0 Å². The number of imide groups is 1. The lowest BCUT2D eigenvalue weighted by molar-refractivity contribution is -0.130. The summed E-state index contributed by atoms with van der Waals surface area (Å²) in [6.07, 6.45) is 0.618. The Morgan fingerprint density at radius 2 is 1.72 bits per heavy atom. The normalized spacial score (nSPS) is 17.0. The molecule has 1 N–H and O–H groups in total. The summed E-state index contributed by atoms with van der Waals surface area (Å²) in [5.74, 6) is 0.0946. The van der Waals surface area contributed by atoms with Crippen molar-refractivity contribution in [2.75, 3.05) is 0 Å². The van der Waals surface area contributed by atoms with Crippen LogP contribution in [0.15, 0.2) is 66.7 Å². The number of hydrogen-bond acceptors (Lipinski definition) is 6. The van der Waals surface area contributed by atoms with Crippen molar-refractivity contribution in [2.24, 2.45) is 0 Å². The fraction of sp³-hybridized carbons (Fsp3) is 0.222. The Morgan fingerprint density at radius 1 is 1.00 bits per heavy atom. The number of nitrogens with one attached hydrogen (secondary N) is 1. The summed E-state index contributed by atoms with van der Waals surface area (Å²) in [5, 5.41) is 2.13. The van der Waals surface area contributed by atoms with Gasteiger partial charge in [0.15, 0.2) is 5.78 Å². The maximum atomic E-state index is 13.0. The third kappa shape index (κ3) is 5.19. The van der Waals surface area contributed by atoms with Crippen LogP contribution in [0, 0.1) is 0 Å². The first-order valence-corrected chi connectivity index (χ1v) is 11.2. The number of alkyl carbamates (subject to hydrolysis) is 1. The highest BCUT2D eigenvalue weighted by Gasteiger charge is 2.46. The van der Waals surface area contributed by atoms with Crippen molar-refractivity contribution in [3.63, 3.8) is 0 Å². The van der Waals surface area contributed by atoms with Crippen molar-refractivity contribution in [1.29, 1.82) is 0 Å². The number of cyclic esters (lactones) is 1. The van der Waals surface area contributed by atoms with E-state index in [1.54, 1.807) is 42.5 Å². The predicted octanol–water partition coefficient (Wildman–Crippen LogP) is 5.75. The average molecular weight is 495 g/mol. The number of carbonyl (C=O) groups excluding carboxylic acids is 3. The average Bonchev–Trinajstić information content (AvgIpc) is 3.12. The van der Waals surface area contributed by atoms with Crippen LogP contribution in [0.1, 0.15) is 47.3 Å². The molecule has 0 unspecified atom stereocenters. The van der Waals surface area contributed by atoms with Crippen molar-refractivity contribution in [3.05, 3.63) is 89.0 Å². The molecule has 1 saturated heterocycles. The Morgan fingerprint density at radius 3 is 2.36 bits per heavy atom. The molecule has 2 amide bonds. The van der Waals surface area contributed by atoms with Crippen molar-refractivity contribution in [2.45, 2.75) is 38.9 Å². The van der Waals surface area contributed by atoms with Gasteiger partial charge in [-0.2, -0.15) is 8.78 Å². The Hall–Kier alpha value is -4.27. The van der Waals surface area contributed by atoms with Gasteiger partial charge in [-0.05, 0) is 73.5 Å². The lowest BCUT2D eigenvalue weighted by Crippen LogP contribution is -2.33. The van der Waals surface area contributed by atoms with Gasteiger partial charge in [0.05, 0.1) is 0 Å². The molecular formula is C27H23F2NO6. The summed E-state index contributed by atoms with van der Waals surface area (Å²) in [6, 6.07) is 17.2. The summed E-state index contributed by atoms with van der Waals surface area (Å²) in [7, 11) is 0. The van der Waals surface area contributed by atoms with Crippen LogP contribution in [0.4, 0.5) is 13.6 Å². The first kappa shape index (κ1) is 24.8. The molecular weight excluding hydrogens is 472 g/mol. The molecule has 0 radical (unpaired) electrons. The number of rotatable bonds is 9. The number of amides is 2. The summed E-state index contributed by atoms with van der Waals surface area (Å²) >= 11 is 0. The number of hydrogen-bond donors (Lipinski definition) is 1. The van der Waals surface area contributed by atoms with Crippen LogP contribution in [-0.4, -0.2) is 24.4 Å². The number of ketones is 1. The van der Waals surface area contributed by atoms with E-state index in [0.29, 0.717) is 34.6 Å². The van der Waals surface area contributed by atoms with E-state index in [-0.39, 0.29) is 11.5 Å². The summed E-state index contributed by atoms with van der Waals surface area (Å²) < 4.78 is 40.3. The largest absolute Gasteiger partial charge is 0.457 e. The van der Waals surface area contributed by atoms with Crippen LogP contribution in [0.2, 0.25) is 0 Å².